The third-order valence-corrected chi connectivity index (χ3v) is 4.03. The highest BCUT2D eigenvalue weighted by Gasteiger charge is 2.07. The molecule has 0 heterocycles. The van der Waals surface area contributed by atoms with Crippen molar-refractivity contribution in [3.05, 3.63) is 55.5 Å². The molecule has 0 saturated heterocycles. The van der Waals surface area contributed by atoms with E-state index in [0.29, 0.717) is 10.8 Å². The van der Waals surface area contributed by atoms with Gasteiger partial charge in [-0.15, -0.1) is 0 Å². The molecule has 0 bridgehead atoms. The molecule has 0 aromatic heterocycles. The van der Waals surface area contributed by atoms with Gasteiger partial charge >= 0.3 is 0 Å². The predicted octanol–water partition coefficient (Wildman–Crippen LogP) is 4.72. The number of amides is 1. The van der Waals surface area contributed by atoms with Crippen molar-refractivity contribution in [3.8, 4) is 5.75 Å². The fraction of sp³-hybridized carbons (Fsp3) is 0.0714. The van der Waals surface area contributed by atoms with E-state index in [1.165, 1.54) is 0 Å². The first-order valence-electron chi connectivity index (χ1n) is 5.68. The van der Waals surface area contributed by atoms with Crippen LogP contribution in [0.15, 0.2) is 46.9 Å². The van der Waals surface area contributed by atoms with E-state index in [-0.39, 0.29) is 12.5 Å². The molecule has 6 heteroatoms. The van der Waals surface area contributed by atoms with Crippen LogP contribution in [0.2, 0.25) is 5.02 Å². The molecule has 20 heavy (non-hydrogen) atoms. The molecule has 0 atom stereocenters. The van der Waals surface area contributed by atoms with Crippen molar-refractivity contribution < 1.29 is 9.53 Å². The van der Waals surface area contributed by atoms with Crippen LogP contribution < -0.4 is 10.1 Å². The summed E-state index contributed by atoms with van der Waals surface area (Å²) in [5.74, 6) is 0.398. The van der Waals surface area contributed by atoms with E-state index in [1.54, 1.807) is 24.3 Å². The number of carbonyl (C=O) groups is 1. The van der Waals surface area contributed by atoms with Gasteiger partial charge in [0.25, 0.3) is 5.91 Å². The number of anilines is 1. The van der Waals surface area contributed by atoms with Crippen LogP contribution in [0.3, 0.4) is 0 Å². The fourth-order valence-electron chi connectivity index (χ4n) is 1.46. The van der Waals surface area contributed by atoms with E-state index in [9.17, 15) is 4.79 Å². The Bertz CT molecular complexity index is 619. The van der Waals surface area contributed by atoms with Gasteiger partial charge in [-0.2, -0.15) is 0 Å². The smallest absolute Gasteiger partial charge is 0.262 e. The molecule has 0 fully saturated rings. The average Bonchev–Trinajstić information content (AvgIpc) is 2.41. The van der Waals surface area contributed by atoms with Gasteiger partial charge in [0.2, 0.25) is 0 Å². The van der Waals surface area contributed by atoms with E-state index >= 15 is 0 Å². The zero-order chi connectivity index (χ0) is 14.5. The third kappa shape index (κ3) is 4.64. The van der Waals surface area contributed by atoms with Crippen molar-refractivity contribution in [1.29, 1.82) is 0 Å². The lowest BCUT2D eigenvalue weighted by atomic mass is 10.3. The monoisotopic (exact) mass is 465 g/mol. The quantitative estimate of drug-likeness (QED) is 0.662. The largest absolute Gasteiger partial charge is 0.484 e. The van der Waals surface area contributed by atoms with Crippen LogP contribution in [0.1, 0.15) is 0 Å². The fourth-order valence-corrected chi connectivity index (χ4v) is 3.02. The van der Waals surface area contributed by atoms with Crippen molar-refractivity contribution >= 4 is 61.7 Å². The standard InChI is InChI=1S/C14H10BrClINO2/c15-9-1-6-13(12(17)7-9)18-14(19)8-20-11-4-2-10(16)3-5-11/h1-7H,8H2,(H,18,19). The zero-order valence-electron chi connectivity index (χ0n) is 10.2. The molecule has 2 aromatic carbocycles. The maximum atomic E-state index is 11.8. The van der Waals surface area contributed by atoms with Crippen LogP contribution in [0, 0.1) is 3.57 Å². The maximum absolute atomic E-state index is 11.8. The van der Waals surface area contributed by atoms with Gasteiger partial charge in [0.1, 0.15) is 5.75 Å². The Hall–Kier alpha value is -0.790. The number of nitrogens with one attached hydrogen (secondary N) is 1. The molecule has 0 saturated carbocycles. The molecule has 104 valence electrons. The molecule has 1 N–H and O–H groups in total. The molecule has 2 aromatic rings. The molecule has 1 amide bonds. The van der Waals surface area contributed by atoms with Crippen molar-refractivity contribution in [2.45, 2.75) is 0 Å². The number of hydrogen-bond acceptors (Lipinski definition) is 2. The molecular weight excluding hydrogens is 456 g/mol. The lowest BCUT2D eigenvalue weighted by Crippen LogP contribution is -2.20. The van der Waals surface area contributed by atoms with Gasteiger partial charge in [-0.1, -0.05) is 27.5 Å². The lowest BCUT2D eigenvalue weighted by Gasteiger charge is -2.09. The van der Waals surface area contributed by atoms with E-state index in [2.05, 4.69) is 43.8 Å². The van der Waals surface area contributed by atoms with Gasteiger partial charge in [-0.25, -0.2) is 0 Å². The number of rotatable bonds is 4. The van der Waals surface area contributed by atoms with Gasteiger partial charge in [-0.3, -0.25) is 4.79 Å². The van der Waals surface area contributed by atoms with Crippen LogP contribution in [0.5, 0.6) is 5.75 Å². The Morgan fingerprint density at radius 3 is 2.60 bits per heavy atom. The summed E-state index contributed by atoms with van der Waals surface area (Å²) in [5, 5.41) is 3.43. The van der Waals surface area contributed by atoms with Crippen molar-refractivity contribution in [1.82, 2.24) is 0 Å². The van der Waals surface area contributed by atoms with Gasteiger partial charge in [-0.05, 0) is 65.1 Å². The van der Waals surface area contributed by atoms with E-state index < -0.39 is 0 Å². The summed E-state index contributed by atoms with van der Waals surface area (Å²) in [6.45, 7) is -0.0478. The summed E-state index contributed by atoms with van der Waals surface area (Å²) in [6.07, 6.45) is 0. The van der Waals surface area contributed by atoms with Crippen molar-refractivity contribution in [3.63, 3.8) is 0 Å². The van der Waals surface area contributed by atoms with E-state index in [1.807, 2.05) is 18.2 Å². The number of hydrogen-bond donors (Lipinski definition) is 1. The number of ether oxygens (including phenoxy) is 1. The van der Waals surface area contributed by atoms with E-state index in [0.717, 1.165) is 13.7 Å². The first-order chi connectivity index (χ1) is 9.54. The summed E-state index contributed by atoms with van der Waals surface area (Å²) >= 11 is 11.3. The van der Waals surface area contributed by atoms with Crippen LogP contribution >= 0.6 is 50.1 Å². The van der Waals surface area contributed by atoms with Crippen LogP contribution in [-0.2, 0) is 4.79 Å². The minimum atomic E-state index is -0.208. The molecular formula is C14H10BrClINO2. The second kappa shape index (κ2) is 7.28. The van der Waals surface area contributed by atoms with Gasteiger partial charge in [0.15, 0.2) is 6.61 Å². The molecule has 0 aliphatic carbocycles. The molecule has 3 nitrogen and oxygen atoms in total. The zero-order valence-corrected chi connectivity index (χ0v) is 14.7. The van der Waals surface area contributed by atoms with Gasteiger partial charge < -0.3 is 10.1 Å². The van der Waals surface area contributed by atoms with Gasteiger partial charge in [0, 0.05) is 13.1 Å². The average molecular weight is 467 g/mol. The van der Waals surface area contributed by atoms with Crippen molar-refractivity contribution in [2.24, 2.45) is 0 Å². The Labute approximate surface area is 143 Å². The first-order valence-corrected chi connectivity index (χ1v) is 7.93. The first kappa shape index (κ1) is 15.6. The van der Waals surface area contributed by atoms with Crippen LogP contribution in [0.25, 0.3) is 0 Å². The second-order valence-corrected chi connectivity index (χ2v) is 6.43. The summed E-state index contributed by atoms with van der Waals surface area (Å²) in [4.78, 5) is 11.8. The highest BCUT2D eigenvalue weighted by molar-refractivity contribution is 14.1. The summed E-state index contributed by atoms with van der Waals surface area (Å²) in [6, 6.07) is 12.5. The minimum absolute atomic E-state index is 0.0478. The Morgan fingerprint density at radius 1 is 1.25 bits per heavy atom. The van der Waals surface area contributed by atoms with Crippen molar-refractivity contribution in [2.75, 3.05) is 11.9 Å². The molecule has 0 aliphatic heterocycles. The lowest BCUT2D eigenvalue weighted by molar-refractivity contribution is -0.118. The minimum Gasteiger partial charge on any atom is -0.484 e. The summed E-state index contributed by atoms with van der Waals surface area (Å²) in [7, 11) is 0. The second-order valence-electron chi connectivity index (χ2n) is 3.91. The summed E-state index contributed by atoms with van der Waals surface area (Å²) < 4.78 is 7.30. The highest BCUT2D eigenvalue weighted by atomic mass is 127. The summed E-state index contributed by atoms with van der Waals surface area (Å²) in [5.41, 5.74) is 0.763. The number of halogens is 3. The van der Waals surface area contributed by atoms with Gasteiger partial charge in [0.05, 0.1) is 5.69 Å². The third-order valence-electron chi connectivity index (χ3n) is 2.39. The maximum Gasteiger partial charge on any atom is 0.262 e. The molecule has 0 radical (unpaired) electrons. The Morgan fingerprint density at radius 2 is 1.95 bits per heavy atom. The Balaban J connectivity index is 1.90. The highest BCUT2D eigenvalue weighted by Crippen LogP contribution is 2.22. The number of benzene rings is 2. The van der Waals surface area contributed by atoms with E-state index in [4.69, 9.17) is 16.3 Å². The normalized spacial score (nSPS) is 10.2. The number of carbonyl (C=O) groups excluding carboxylic acids is 1. The van der Waals surface area contributed by atoms with Crippen LogP contribution in [0.4, 0.5) is 5.69 Å². The predicted molar refractivity (Wildman–Crippen MR) is 92.4 cm³/mol. The Kier molecular flexibility index (Phi) is 5.68. The molecule has 0 unspecified atom stereocenters. The SMILES string of the molecule is O=C(COc1ccc(Cl)cc1)Nc1ccc(Br)cc1I. The topological polar surface area (TPSA) is 38.3 Å². The molecule has 0 aliphatic rings. The van der Waals surface area contributed by atoms with Crippen LogP contribution in [-0.4, -0.2) is 12.5 Å². The molecule has 0 spiro atoms. The molecule has 2 rings (SSSR count).